The van der Waals surface area contributed by atoms with E-state index in [1.165, 1.54) is 84.2 Å². The lowest BCUT2D eigenvalue weighted by atomic mass is 9.81. The number of hydrogen-bond donors (Lipinski definition) is 4. The number of ether oxygens (including phenoxy) is 1. The quantitative estimate of drug-likeness (QED) is 0.175. The zero-order valence-corrected chi connectivity index (χ0v) is 37.4. The van der Waals surface area contributed by atoms with Crippen LogP contribution < -0.4 is 21.3 Å². The average molecular weight is 772 g/mol. The molecule has 1 saturated carbocycles. The summed E-state index contributed by atoms with van der Waals surface area (Å²) in [6.45, 7) is 48.6. The highest BCUT2D eigenvalue weighted by Crippen LogP contribution is 2.27. The van der Waals surface area contributed by atoms with Crippen LogP contribution in [0.15, 0.2) is 0 Å². The maximum Gasteiger partial charge on any atom is 0.0594 e. The van der Waals surface area contributed by atoms with Gasteiger partial charge < -0.3 is 35.8 Å². The molecule has 0 amide bonds. The van der Waals surface area contributed by atoms with Crippen LogP contribution in [0.3, 0.4) is 0 Å². The van der Waals surface area contributed by atoms with Gasteiger partial charge in [0.2, 0.25) is 0 Å². The van der Waals surface area contributed by atoms with E-state index in [2.05, 4.69) is 147 Å². The molecule has 8 nitrogen and oxygen atoms in total. The molecule has 330 valence electrons. The van der Waals surface area contributed by atoms with Gasteiger partial charge in [0.25, 0.3) is 0 Å². The summed E-state index contributed by atoms with van der Waals surface area (Å²) in [5.74, 6) is 0.958. The largest absolute Gasteiger partial charge is 0.379 e. The lowest BCUT2D eigenvalue weighted by molar-refractivity contribution is 0.0332. The molecule has 8 heteroatoms. The van der Waals surface area contributed by atoms with Crippen LogP contribution in [0.1, 0.15) is 178 Å². The zero-order valence-electron chi connectivity index (χ0n) is 37.4. The molecule has 54 heavy (non-hydrogen) atoms. The smallest absolute Gasteiger partial charge is 0.0594 e. The van der Waals surface area contributed by atoms with Crippen molar-refractivity contribution in [2.24, 2.45) is 5.92 Å². The Morgan fingerprint density at radius 1 is 0.481 bits per heavy atom. The summed E-state index contributed by atoms with van der Waals surface area (Å²) in [6, 6.07) is 2.56. The van der Waals surface area contributed by atoms with Gasteiger partial charge in [-0.25, -0.2) is 0 Å². The van der Waals surface area contributed by atoms with Gasteiger partial charge in [-0.05, 0) is 174 Å². The van der Waals surface area contributed by atoms with E-state index in [0.29, 0.717) is 23.7 Å². The van der Waals surface area contributed by atoms with Crippen LogP contribution in [0.5, 0.6) is 0 Å². The second-order valence-corrected chi connectivity index (χ2v) is 20.8. The summed E-state index contributed by atoms with van der Waals surface area (Å²) in [5.41, 5.74) is 1.02. The summed E-state index contributed by atoms with van der Waals surface area (Å²) in [7, 11) is 0. The Balaban J connectivity index is -0.000000635. The minimum atomic E-state index is 0. The zero-order chi connectivity index (χ0) is 38.9. The number of piperidine rings is 1. The lowest BCUT2D eigenvalue weighted by Crippen LogP contribution is -2.49. The van der Waals surface area contributed by atoms with Crippen LogP contribution in [0.2, 0.25) is 0 Å². The number of likely N-dealkylation sites (tertiary alicyclic amines) is 2. The van der Waals surface area contributed by atoms with E-state index in [9.17, 15) is 0 Å². The van der Waals surface area contributed by atoms with Gasteiger partial charge in [0.15, 0.2) is 0 Å². The Hall–Kier alpha value is -0.320. The lowest BCUT2D eigenvalue weighted by Gasteiger charge is -2.38. The summed E-state index contributed by atoms with van der Waals surface area (Å²) in [6.07, 6.45) is 9.74. The fraction of sp³-hybridized carbons (Fsp3) is 1.00. The number of rotatable bonds is 10. The molecule has 4 fully saturated rings. The van der Waals surface area contributed by atoms with Crippen LogP contribution in [-0.2, 0) is 4.74 Å². The highest BCUT2D eigenvalue weighted by molar-refractivity contribution is 4.87. The van der Waals surface area contributed by atoms with Crippen molar-refractivity contribution in [3.05, 3.63) is 0 Å². The van der Waals surface area contributed by atoms with Crippen LogP contribution in [0, 0.1) is 5.92 Å². The van der Waals surface area contributed by atoms with Gasteiger partial charge in [-0.3, -0.25) is 4.90 Å². The van der Waals surface area contributed by atoms with Crippen molar-refractivity contribution in [3.63, 3.8) is 0 Å². The Morgan fingerprint density at radius 2 is 0.778 bits per heavy atom. The van der Waals surface area contributed by atoms with Crippen molar-refractivity contribution in [3.8, 4) is 0 Å². The van der Waals surface area contributed by atoms with E-state index in [1.54, 1.807) is 0 Å². The first-order valence-electron chi connectivity index (χ1n) is 21.2. The SMILES string of the molecule is C.C.C.CC(CN1CCCC1)NC(C)(C)C.CC(CN1CCCCC1)NC(C)(C)C.CC(CN1CCOCC1)NC(C)(C)C.CC1CC(NC(C)(C)C)C1. The minimum absolute atomic E-state index is 0. The molecule has 3 saturated heterocycles. The van der Waals surface area contributed by atoms with E-state index in [-0.39, 0.29) is 38.9 Å². The molecule has 0 aromatic heterocycles. The molecule has 4 N–H and O–H groups in total. The molecule has 3 heterocycles. The molecular weight excluding hydrogens is 667 g/mol. The number of morpholine rings is 1. The first-order chi connectivity index (χ1) is 23.4. The van der Waals surface area contributed by atoms with Gasteiger partial charge in [0.05, 0.1) is 13.2 Å². The normalized spacial score (nSPS) is 23.1. The van der Waals surface area contributed by atoms with E-state index >= 15 is 0 Å². The van der Waals surface area contributed by atoms with Crippen LogP contribution in [0.4, 0.5) is 0 Å². The minimum Gasteiger partial charge on any atom is -0.379 e. The van der Waals surface area contributed by atoms with Crippen molar-refractivity contribution in [2.75, 3.05) is 72.1 Å². The van der Waals surface area contributed by atoms with Crippen molar-refractivity contribution >= 4 is 0 Å². The van der Waals surface area contributed by atoms with Crippen LogP contribution >= 0.6 is 0 Å². The van der Waals surface area contributed by atoms with Crippen molar-refractivity contribution in [2.45, 2.75) is 224 Å². The Bertz CT molecular complexity index is 810. The molecule has 3 atom stereocenters. The predicted octanol–water partition coefficient (Wildman–Crippen LogP) is 9.28. The van der Waals surface area contributed by atoms with Crippen LogP contribution in [-0.4, -0.2) is 133 Å². The van der Waals surface area contributed by atoms with Gasteiger partial charge in [-0.15, -0.1) is 0 Å². The average Bonchev–Trinajstić information content (AvgIpc) is 3.43. The van der Waals surface area contributed by atoms with Gasteiger partial charge in [-0.2, -0.15) is 0 Å². The van der Waals surface area contributed by atoms with Crippen LogP contribution in [0.25, 0.3) is 0 Å². The summed E-state index contributed by atoms with van der Waals surface area (Å²) >= 11 is 0. The maximum atomic E-state index is 5.32. The van der Waals surface area contributed by atoms with E-state index < -0.39 is 0 Å². The second kappa shape index (κ2) is 28.2. The van der Waals surface area contributed by atoms with E-state index in [4.69, 9.17) is 4.74 Å². The number of hydrogen-bond acceptors (Lipinski definition) is 8. The fourth-order valence-corrected chi connectivity index (χ4v) is 8.04. The predicted molar refractivity (Wildman–Crippen MR) is 246 cm³/mol. The first kappa shape index (κ1) is 58.0. The summed E-state index contributed by atoms with van der Waals surface area (Å²) in [5, 5.41) is 14.4. The first-order valence-corrected chi connectivity index (χ1v) is 21.2. The van der Waals surface area contributed by atoms with Crippen molar-refractivity contribution in [1.29, 1.82) is 0 Å². The second-order valence-electron chi connectivity index (χ2n) is 20.8. The highest BCUT2D eigenvalue weighted by Gasteiger charge is 2.28. The standard InChI is InChI=1S/C12H26N2.C11H24N2O.C11H24N2.C9H19N.3CH4/c1-11(13-12(2,3)4)10-14-8-6-5-7-9-14;1-10(12-11(2,3)4)9-13-5-7-14-8-6-13;1-10(12-11(2,3)4)9-13-7-5-6-8-13;1-7-5-8(6-7)10-9(2,3)4;;;/h11,13H,5-10H2,1-4H3;10,12H,5-9H2,1-4H3;10,12H,5-9H2,1-4H3;7-8,10H,5-6H2,1-4H3;3*1H4. The topological polar surface area (TPSA) is 67.1 Å². The molecule has 1 aliphatic carbocycles. The molecule has 3 unspecified atom stereocenters. The molecule has 3 aliphatic heterocycles. The molecule has 4 aliphatic rings. The van der Waals surface area contributed by atoms with Gasteiger partial charge in [0, 0.05) is 79.0 Å². The molecular formula is C46H105N7O. The van der Waals surface area contributed by atoms with Gasteiger partial charge in [-0.1, -0.05) is 35.6 Å². The molecule has 0 radical (unpaired) electrons. The summed E-state index contributed by atoms with van der Waals surface area (Å²) in [4.78, 5) is 7.61. The van der Waals surface area contributed by atoms with E-state index in [0.717, 1.165) is 44.8 Å². The Kier molecular flexibility index (Phi) is 30.3. The maximum absolute atomic E-state index is 5.32. The third kappa shape index (κ3) is 33.8. The number of nitrogens with zero attached hydrogens (tertiary/aromatic N) is 3. The summed E-state index contributed by atoms with van der Waals surface area (Å²) < 4.78 is 5.32. The third-order valence-corrected chi connectivity index (χ3v) is 9.40. The van der Waals surface area contributed by atoms with Gasteiger partial charge >= 0.3 is 0 Å². The van der Waals surface area contributed by atoms with E-state index in [1.807, 2.05) is 0 Å². The van der Waals surface area contributed by atoms with Crippen molar-refractivity contribution in [1.82, 2.24) is 36.0 Å². The fourth-order valence-electron chi connectivity index (χ4n) is 8.04. The highest BCUT2D eigenvalue weighted by atomic mass is 16.5. The molecule has 0 spiro atoms. The van der Waals surface area contributed by atoms with Gasteiger partial charge in [0.1, 0.15) is 0 Å². The van der Waals surface area contributed by atoms with Crippen molar-refractivity contribution < 1.29 is 4.74 Å². The number of nitrogens with one attached hydrogen (secondary N) is 4. The Labute approximate surface area is 342 Å². The third-order valence-electron chi connectivity index (χ3n) is 9.40. The molecule has 0 bridgehead atoms. The molecule has 0 aromatic carbocycles. The molecule has 0 aromatic rings. The molecule has 4 rings (SSSR count). The monoisotopic (exact) mass is 772 g/mol. The Morgan fingerprint density at radius 3 is 1.06 bits per heavy atom.